The Morgan fingerprint density at radius 1 is 0.833 bits per heavy atom. The fourth-order valence-corrected chi connectivity index (χ4v) is 6.70. The molecule has 1 N–H and O–H groups in total. The van der Waals surface area contributed by atoms with Gasteiger partial charge in [0.05, 0.1) is 29.8 Å². The van der Waals surface area contributed by atoms with Crippen LogP contribution in [0.25, 0.3) is 21.8 Å². The standard InChI is InChI=1S/C28H24Br2N2O3S/c1-19-7-11-24(12-8-19)36(34,35)32(22-5-3-2-4-6-22)18-23(33)17-31-27-13-9-20(29)15-25(27)26-16-21(30)10-14-28(26)31/h2-16,23,33H,17-18H2,1H3/t23-/m1/s1. The van der Waals surface area contributed by atoms with Gasteiger partial charge < -0.3 is 9.67 Å². The molecule has 0 saturated heterocycles. The van der Waals surface area contributed by atoms with Crippen molar-refractivity contribution in [3.8, 4) is 0 Å². The lowest BCUT2D eigenvalue weighted by atomic mass is 10.2. The number of aromatic nitrogens is 1. The molecule has 0 spiro atoms. The second-order valence-corrected chi connectivity index (χ2v) is 12.5. The van der Waals surface area contributed by atoms with Crippen molar-refractivity contribution >= 4 is 69.4 Å². The van der Waals surface area contributed by atoms with Gasteiger partial charge in [-0.1, -0.05) is 67.8 Å². The molecule has 0 aliphatic rings. The molecule has 1 aromatic heterocycles. The van der Waals surface area contributed by atoms with Crippen molar-refractivity contribution in [3.05, 3.63) is 106 Å². The number of aryl methyl sites for hydroxylation is 1. The van der Waals surface area contributed by atoms with Gasteiger partial charge >= 0.3 is 0 Å². The topological polar surface area (TPSA) is 62.5 Å². The maximum absolute atomic E-state index is 13.7. The Labute approximate surface area is 227 Å². The number of benzene rings is 4. The Morgan fingerprint density at radius 2 is 1.39 bits per heavy atom. The highest BCUT2D eigenvalue weighted by Gasteiger charge is 2.28. The van der Waals surface area contributed by atoms with Gasteiger partial charge in [0.15, 0.2) is 0 Å². The van der Waals surface area contributed by atoms with Crippen LogP contribution in [0.15, 0.2) is 105 Å². The number of para-hydroxylation sites is 1. The summed E-state index contributed by atoms with van der Waals surface area (Å²) < 4.78 is 32.6. The predicted octanol–water partition coefficient (Wildman–Crippen LogP) is 6.88. The van der Waals surface area contributed by atoms with Crippen LogP contribution in [0.4, 0.5) is 5.69 Å². The number of halogens is 2. The average Bonchev–Trinajstić information content (AvgIpc) is 3.15. The molecule has 4 aromatic carbocycles. The summed E-state index contributed by atoms with van der Waals surface area (Å²) in [5, 5.41) is 13.4. The second-order valence-electron chi connectivity index (χ2n) is 8.77. The summed E-state index contributed by atoms with van der Waals surface area (Å²) in [4.78, 5) is 0.190. The maximum atomic E-state index is 13.7. The second kappa shape index (κ2) is 10.0. The van der Waals surface area contributed by atoms with Gasteiger partial charge in [-0.2, -0.15) is 0 Å². The van der Waals surface area contributed by atoms with E-state index in [1.807, 2.05) is 37.3 Å². The highest BCUT2D eigenvalue weighted by Crippen LogP contribution is 2.33. The first-order valence-electron chi connectivity index (χ1n) is 11.4. The zero-order valence-corrected chi connectivity index (χ0v) is 23.5. The lowest BCUT2D eigenvalue weighted by Gasteiger charge is -2.27. The molecule has 8 heteroatoms. The van der Waals surface area contributed by atoms with Crippen LogP contribution in [0.2, 0.25) is 0 Å². The Bertz CT molecular complexity index is 1590. The first-order valence-corrected chi connectivity index (χ1v) is 14.5. The van der Waals surface area contributed by atoms with Crippen molar-refractivity contribution in [2.24, 2.45) is 0 Å². The summed E-state index contributed by atoms with van der Waals surface area (Å²) in [6, 6.07) is 27.8. The number of hydrogen-bond donors (Lipinski definition) is 1. The SMILES string of the molecule is Cc1ccc(S(=O)(=O)N(C[C@H](O)Cn2c3ccc(Br)cc3c3cc(Br)ccc32)c2ccccc2)cc1. The first-order chi connectivity index (χ1) is 17.2. The van der Waals surface area contributed by atoms with Crippen LogP contribution in [-0.2, 0) is 16.6 Å². The molecule has 0 aliphatic carbocycles. The van der Waals surface area contributed by atoms with E-state index in [1.54, 1.807) is 48.5 Å². The molecule has 0 saturated carbocycles. The van der Waals surface area contributed by atoms with Crippen molar-refractivity contribution in [2.45, 2.75) is 24.5 Å². The normalized spacial score (nSPS) is 12.8. The zero-order valence-electron chi connectivity index (χ0n) is 19.5. The Hall–Kier alpha value is -2.65. The van der Waals surface area contributed by atoms with Gasteiger partial charge in [0, 0.05) is 30.8 Å². The maximum Gasteiger partial charge on any atom is 0.264 e. The average molecular weight is 628 g/mol. The summed E-state index contributed by atoms with van der Waals surface area (Å²) >= 11 is 7.12. The third kappa shape index (κ3) is 4.83. The molecule has 36 heavy (non-hydrogen) atoms. The van der Waals surface area contributed by atoms with Gasteiger partial charge in [-0.25, -0.2) is 8.42 Å². The van der Waals surface area contributed by atoms with E-state index in [0.29, 0.717) is 5.69 Å². The van der Waals surface area contributed by atoms with Gasteiger partial charge in [-0.15, -0.1) is 0 Å². The summed E-state index contributed by atoms with van der Waals surface area (Å²) in [7, 11) is -3.89. The Kier molecular flexibility index (Phi) is 6.96. The third-order valence-electron chi connectivity index (χ3n) is 6.21. The number of hydrogen-bond acceptors (Lipinski definition) is 3. The van der Waals surface area contributed by atoms with Crippen LogP contribution >= 0.6 is 31.9 Å². The number of fused-ring (bicyclic) bond motifs is 3. The van der Waals surface area contributed by atoms with E-state index in [1.165, 1.54) is 4.31 Å². The molecule has 0 amide bonds. The van der Waals surface area contributed by atoms with E-state index in [2.05, 4.69) is 48.6 Å². The van der Waals surface area contributed by atoms with Crippen LogP contribution in [-0.4, -0.2) is 30.7 Å². The monoisotopic (exact) mass is 626 g/mol. The summed E-state index contributed by atoms with van der Waals surface area (Å²) in [5.41, 5.74) is 3.42. The predicted molar refractivity (Wildman–Crippen MR) is 153 cm³/mol. The number of anilines is 1. The number of aliphatic hydroxyl groups excluding tert-OH is 1. The third-order valence-corrected chi connectivity index (χ3v) is 9.01. The minimum absolute atomic E-state index is 0.0888. The number of sulfonamides is 1. The Morgan fingerprint density at radius 3 is 1.94 bits per heavy atom. The van der Waals surface area contributed by atoms with Crippen molar-refractivity contribution in [1.82, 2.24) is 4.57 Å². The van der Waals surface area contributed by atoms with E-state index >= 15 is 0 Å². The van der Waals surface area contributed by atoms with Crippen molar-refractivity contribution < 1.29 is 13.5 Å². The summed E-state index contributed by atoms with van der Waals surface area (Å²) in [6.07, 6.45) is -0.962. The number of aliphatic hydroxyl groups is 1. The van der Waals surface area contributed by atoms with Crippen LogP contribution in [0.5, 0.6) is 0 Å². The molecule has 1 heterocycles. The Balaban J connectivity index is 1.54. The lowest BCUT2D eigenvalue weighted by Crippen LogP contribution is -2.39. The van der Waals surface area contributed by atoms with Crippen LogP contribution in [0.3, 0.4) is 0 Å². The summed E-state index contributed by atoms with van der Waals surface area (Å²) in [5.74, 6) is 0. The molecule has 0 fully saturated rings. The smallest absolute Gasteiger partial charge is 0.264 e. The lowest BCUT2D eigenvalue weighted by molar-refractivity contribution is 0.166. The van der Waals surface area contributed by atoms with Gasteiger partial charge in [0.2, 0.25) is 0 Å². The molecular formula is C28H24Br2N2O3S. The van der Waals surface area contributed by atoms with E-state index < -0.39 is 16.1 Å². The van der Waals surface area contributed by atoms with Crippen molar-refractivity contribution in [1.29, 1.82) is 0 Å². The van der Waals surface area contributed by atoms with Gasteiger partial charge in [-0.3, -0.25) is 4.31 Å². The molecule has 0 bridgehead atoms. The molecule has 0 aliphatic heterocycles. The molecule has 5 aromatic rings. The highest BCUT2D eigenvalue weighted by molar-refractivity contribution is 9.10. The van der Waals surface area contributed by atoms with E-state index in [9.17, 15) is 13.5 Å². The quantitative estimate of drug-likeness (QED) is 0.214. The zero-order chi connectivity index (χ0) is 25.4. The molecule has 1 atom stereocenters. The number of rotatable bonds is 7. The van der Waals surface area contributed by atoms with Crippen LogP contribution < -0.4 is 4.31 Å². The number of nitrogens with zero attached hydrogens (tertiary/aromatic N) is 2. The molecule has 184 valence electrons. The first kappa shape index (κ1) is 25.0. The fourth-order valence-electron chi connectivity index (χ4n) is 4.48. The molecule has 0 unspecified atom stereocenters. The van der Waals surface area contributed by atoms with Gasteiger partial charge in [-0.05, 0) is 67.6 Å². The molecule has 5 nitrogen and oxygen atoms in total. The van der Waals surface area contributed by atoms with E-state index in [4.69, 9.17) is 0 Å². The van der Waals surface area contributed by atoms with Gasteiger partial charge in [0.1, 0.15) is 0 Å². The minimum atomic E-state index is -3.89. The van der Waals surface area contributed by atoms with E-state index in [-0.39, 0.29) is 18.0 Å². The summed E-state index contributed by atoms with van der Waals surface area (Å²) in [6.45, 7) is 2.06. The van der Waals surface area contributed by atoms with E-state index in [0.717, 1.165) is 36.3 Å². The van der Waals surface area contributed by atoms with Crippen LogP contribution in [0.1, 0.15) is 5.56 Å². The molecule has 5 rings (SSSR count). The van der Waals surface area contributed by atoms with Crippen molar-refractivity contribution in [3.63, 3.8) is 0 Å². The highest BCUT2D eigenvalue weighted by atomic mass is 79.9. The van der Waals surface area contributed by atoms with Gasteiger partial charge in [0.25, 0.3) is 10.0 Å². The minimum Gasteiger partial charge on any atom is -0.389 e. The molecule has 0 radical (unpaired) electrons. The fraction of sp³-hybridized carbons (Fsp3) is 0.143. The van der Waals surface area contributed by atoms with Crippen LogP contribution in [0, 0.1) is 6.92 Å². The largest absolute Gasteiger partial charge is 0.389 e. The molecular weight excluding hydrogens is 604 g/mol. The van der Waals surface area contributed by atoms with Crippen molar-refractivity contribution in [2.75, 3.05) is 10.8 Å².